The van der Waals surface area contributed by atoms with Crippen molar-refractivity contribution in [3.05, 3.63) is 30.1 Å². The van der Waals surface area contributed by atoms with Gasteiger partial charge in [0.15, 0.2) is 0 Å². The molecule has 0 unspecified atom stereocenters. The number of hydrogen-bond acceptors (Lipinski definition) is 8. The first-order chi connectivity index (χ1) is 18.7. The molecule has 4 amide bonds. The van der Waals surface area contributed by atoms with E-state index in [1.165, 1.54) is 17.4 Å². The van der Waals surface area contributed by atoms with Crippen molar-refractivity contribution in [3.63, 3.8) is 0 Å². The molecule has 3 atom stereocenters. The Labute approximate surface area is 227 Å². The molecule has 1 aliphatic carbocycles. The van der Waals surface area contributed by atoms with Crippen LogP contribution in [0.2, 0.25) is 0 Å². The van der Waals surface area contributed by atoms with Crippen LogP contribution in [-0.2, 0) is 11.3 Å². The quantitative estimate of drug-likeness (QED) is 0.453. The molecule has 212 valence electrons. The number of rotatable bonds is 8. The van der Waals surface area contributed by atoms with Crippen molar-refractivity contribution < 1.29 is 24.2 Å². The number of nitrogens with zero attached hydrogens (tertiary/aromatic N) is 6. The number of urea groups is 1. The summed E-state index contributed by atoms with van der Waals surface area (Å²) in [5, 5.41) is 26.5. The number of nitrogens with one attached hydrogen (secondary N) is 2. The summed E-state index contributed by atoms with van der Waals surface area (Å²) in [7, 11) is 1.75. The molecule has 1 fully saturated rings. The van der Waals surface area contributed by atoms with Crippen LogP contribution in [0.15, 0.2) is 24.5 Å². The molecule has 1 aromatic heterocycles. The Balaban J connectivity index is 1.53. The van der Waals surface area contributed by atoms with E-state index >= 15 is 0 Å². The predicted octanol–water partition coefficient (Wildman–Crippen LogP) is 1.51. The van der Waals surface area contributed by atoms with Gasteiger partial charge < -0.3 is 30.3 Å². The number of amides is 4. The lowest BCUT2D eigenvalue weighted by Crippen LogP contribution is -2.52. The van der Waals surface area contributed by atoms with Crippen LogP contribution in [-0.4, -0.2) is 97.9 Å². The van der Waals surface area contributed by atoms with Crippen LogP contribution in [0.5, 0.6) is 5.75 Å². The van der Waals surface area contributed by atoms with E-state index in [0.717, 1.165) is 25.7 Å². The van der Waals surface area contributed by atoms with Gasteiger partial charge in [-0.15, -0.1) is 5.10 Å². The number of anilines is 1. The van der Waals surface area contributed by atoms with Gasteiger partial charge in [-0.25, -0.2) is 9.48 Å². The van der Waals surface area contributed by atoms with Gasteiger partial charge in [-0.1, -0.05) is 26.2 Å². The summed E-state index contributed by atoms with van der Waals surface area (Å²) in [6, 6.07) is 4.49. The third kappa shape index (κ3) is 7.22. The first kappa shape index (κ1) is 28.3. The molecule has 2 heterocycles. The Morgan fingerprint density at radius 2 is 2.03 bits per heavy atom. The first-order valence-electron chi connectivity index (χ1n) is 13.5. The summed E-state index contributed by atoms with van der Waals surface area (Å²) in [5.41, 5.74) is 0.677. The standard InChI is InChI=1S/C26H38N8O5/c1-17-12-34(18(2)15-35)25(37)21-11-20(28-24(36)14-33-16-27-30-31-33)9-10-22(21)39-23(17)13-32(3)26(38)29-19-7-5-4-6-8-19/h9-11,16-19,23,35H,4-8,12-15H2,1-3H3,(H,28,36)(H,29,38)/t17-,18+,23-/m0/s1. The van der Waals surface area contributed by atoms with Crippen LogP contribution in [0, 0.1) is 5.92 Å². The van der Waals surface area contributed by atoms with E-state index in [9.17, 15) is 19.5 Å². The van der Waals surface area contributed by atoms with Crippen molar-refractivity contribution in [3.8, 4) is 5.75 Å². The highest BCUT2D eigenvalue weighted by Gasteiger charge is 2.34. The largest absolute Gasteiger partial charge is 0.487 e. The highest BCUT2D eigenvalue weighted by Crippen LogP contribution is 2.31. The second-order valence-corrected chi connectivity index (χ2v) is 10.6. The van der Waals surface area contributed by atoms with E-state index < -0.39 is 12.1 Å². The van der Waals surface area contributed by atoms with E-state index in [4.69, 9.17) is 4.74 Å². The number of carbonyl (C=O) groups excluding carboxylic acids is 3. The zero-order chi connectivity index (χ0) is 27.9. The molecular weight excluding hydrogens is 504 g/mol. The van der Waals surface area contributed by atoms with Gasteiger partial charge in [0.05, 0.1) is 24.8 Å². The van der Waals surface area contributed by atoms with Crippen LogP contribution in [0.3, 0.4) is 0 Å². The topological polar surface area (TPSA) is 155 Å². The summed E-state index contributed by atoms with van der Waals surface area (Å²) in [6.07, 6.45) is 6.37. The molecule has 13 nitrogen and oxygen atoms in total. The maximum atomic E-state index is 13.6. The van der Waals surface area contributed by atoms with E-state index in [-0.39, 0.29) is 48.5 Å². The maximum absolute atomic E-state index is 13.6. The van der Waals surface area contributed by atoms with Crippen molar-refractivity contribution >= 4 is 23.5 Å². The molecule has 0 bridgehead atoms. The Morgan fingerprint density at radius 1 is 1.26 bits per heavy atom. The molecule has 1 aromatic carbocycles. The highest BCUT2D eigenvalue weighted by atomic mass is 16.5. The van der Waals surface area contributed by atoms with Gasteiger partial charge in [-0.05, 0) is 48.4 Å². The Hall–Kier alpha value is -3.74. The molecule has 2 aliphatic rings. The normalized spacial score (nSPS) is 20.7. The van der Waals surface area contributed by atoms with Crippen LogP contribution < -0.4 is 15.4 Å². The number of benzene rings is 1. The number of aromatic nitrogens is 4. The number of aliphatic hydroxyl groups is 1. The van der Waals surface area contributed by atoms with Gasteiger partial charge in [0.25, 0.3) is 5.91 Å². The van der Waals surface area contributed by atoms with Crippen molar-refractivity contribution in [2.75, 3.05) is 32.1 Å². The van der Waals surface area contributed by atoms with Crippen LogP contribution >= 0.6 is 0 Å². The summed E-state index contributed by atoms with van der Waals surface area (Å²) in [6.45, 7) is 4.12. The monoisotopic (exact) mass is 542 g/mol. The van der Waals surface area contributed by atoms with Gasteiger partial charge in [-0.2, -0.15) is 0 Å². The SMILES string of the molecule is C[C@H](CO)N1C[C@H](C)[C@H](CN(C)C(=O)NC2CCCCC2)Oc2ccc(NC(=O)Cn3cnnn3)cc2C1=O. The Bertz CT molecular complexity index is 1140. The minimum absolute atomic E-state index is 0.0863. The summed E-state index contributed by atoms with van der Waals surface area (Å²) in [4.78, 5) is 42.2. The molecule has 0 spiro atoms. The third-order valence-electron chi connectivity index (χ3n) is 7.38. The van der Waals surface area contributed by atoms with Crippen molar-refractivity contribution in [1.82, 2.24) is 35.3 Å². The lowest BCUT2D eigenvalue weighted by atomic mass is 9.96. The molecule has 4 rings (SSSR count). The lowest BCUT2D eigenvalue weighted by Gasteiger charge is -2.38. The van der Waals surface area contributed by atoms with E-state index in [2.05, 4.69) is 26.2 Å². The molecule has 1 saturated carbocycles. The average molecular weight is 543 g/mol. The van der Waals surface area contributed by atoms with Gasteiger partial charge in [0.2, 0.25) is 5.91 Å². The van der Waals surface area contributed by atoms with E-state index in [1.54, 1.807) is 42.0 Å². The number of aliphatic hydroxyl groups excluding tert-OH is 1. The molecule has 2 aromatic rings. The van der Waals surface area contributed by atoms with Crippen molar-refractivity contribution in [2.24, 2.45) is 5.92 Å². The molecule has 13 heteroatoms. The summed E-state index contributed by atoms with van der Waals surface area (Å²) in [5.74, 6) is -0.445. The average Bonchev–Trinajstić information content (AvgIpc) is 3.43. The summed E-state index contributed by atoms with van der Waals surface area (Å²) < 4.78 is 7.65. The zero-order valence-corrected chi connectivity index (χ0v) is 22.7. The smallest absolute Gasteiger partial charge is 0.317 e. The molecule has 1 aliphatic heterocycles. The number of tetrazole rings is 1. The third-order valence-corrected chi connectivity index (χ3v) is 7.38. The maximum Gasteiger partial charge on any atom is 0.317 e. The van der Waals surface area contributed by atoms with Gasteiger partial charge in [-0.3, -0.25) is 9.59 Å². The van der Waals surface area contributed by atoms with Crippen LogP contribution in [0.25, 0.3) is 0 Å². The van der Waals surface area contributed by atoms with Crippen LogP contribution in [0.1, 0.15) is 56.3 Å². The number of ether oxygens (including phenoxy) is 1. The van der Waals surface area contributed by atoms with Crippen molar-refractivity contribution in [2.45, 2.75) is 70.7 Å². The molecule has 39 heavy (non-hydrogen) atoms. The molecular formula is C26H38N8O5. The fourth-order valence-corrected chi connectivity index (χ4v) is 5.00. The lowest BCUT2D eigenvalue weighted by molar-refractivity contribution is -0.116. The minimum Gasteiger partial charge on any atom is -0.487 e. The molecule has 0 radical (unpaired) electrons. The predicted molar refractivity (Wildman–Crippen MR) is 142 cm³/mol. The van der Waals surface area contributed by atoms with Gasteiger partial charge >= 0.3 is 6.03 Å². The Morgan fingerprint density at radius 3 is 2.72 bits per heavy atom. The fourth-order valence-electron chi connectivity index (χ4n) is 5.00. The van der Waals surface area contributed by atoms with Crippen molar-refractivity contribution in [1.29, 1.82) is 0 Å². The number of fused-ring (bicyclic) bond motifs is 1. The zero-order valence-electron chi connectivity index (χ0n) is 22.7. The van der Waals surface area contributed by atoms with E-state index in [1.807, 2.05) is 6.92 Å². The fraction of sp³-hybridized carbons (Fsp3) is 0.615. The Kier molecular flexibility index (Phi) is 9.33. The molecule has 0 saturated heterocycles. The highest BCUT2D eigenvalue weighted by molar-refractivity contribution is 5.99. The first-order valence-corrected chi connectivity index (χ1v) is 13.5. The summed E-state index contributed by atoms with van der Waals surface area (Å²) >= 11 is 0. The van der Waals surface area contributed by atoms with E-state index in [0.29, 0.717) is 24.5 Å². The minimum atomic E-state index is -0.433. The van der Waals surface area contributed by atoms with Gasteiger partial charge in [0.1, 0.15) is 24.7 Å². The number of carbonyl (C=O) groups is 3. The number of hydrogen-bond donors (Lipinski definition) is 3. The van der Waals surface area contributed by atoms with Crippen LogP contribution in [0.4, 0.5) is 10.5 Å². The number of likely N-dealkylation sites (N-methyl/N-ethyl adjacent to an activating group) is 1. The molecule has 3 N–H and O–H groups in total. The second-order valence-electron chi connectivity index (χ2n) is 10.6. The second kappa shape index (κ2) is 12.9. The van der Waals surface area contributed by atoms with Gasteiger partial charge in [0, 0.05) is 31.2 Å².